The van der Waals surface area contributed by atoms with Crippen molar-refractivity contribution in [1.82, 2.24) is 0 Å². The van der Waals surface area contributed by atoms with E-state index in [0.29, 0.717) is 19.4 Å². The van der Waals surface area contributed by atoms with E-state index in [-0.39, 0.29) is 12.0 Å². The molecule has 0 atom stereocenters. The Morgan fingerprint density at radius 1 is 1.59 bits per heavy atom. The number of nitrogens with two attached hydrogens (primary N) is 1. The molecule has 0 aliphatic heterocycles. The number of benzene rings is 1. The summed E-state index contributed by atoms with van der Waals surface area (Å²) in [6, 6.07) is 7.92. The monoisotopic (exact) mass is 297 g/mol. The maximum absolute atomic E-state index is 12.1. The Morgan fingerprint density at radius 3 is 2.82 bits per heavy atom. The minimum atomic E-state index is -0.529. The minimum absolute atomic E-state index is 0.0957. The molecule has 2 rings (SSSR count). The van der Waals surface area contributed by atoms with E-state index in [1.807, 2.05) is 31.2 Å². The molecule has 2 N–H and O–H groups in total. The topological polar surface area (TPSA) is 52.3 Å². The smallest absolute Gasteiger partial charge is 0.316 e. The highest BCUT2D eigenvalue weighted by Crippen LogP contribution is 2.44. The van der Waals surface area contributed by atoms with Gasteiger partial charge in [0.05, 0.1) is 12.0 Å². The summed E-state index contributed by atoms with van der Waals surface area (Å²) in [6.07, 6.45) is 1.34. The molecule has 92 valence electrons. The highest BCUT2D eigenvalue weighted by atomic mass is 79.9. The van der Waals surface area contributed by atoms with Crippen LogP contribution in [0.15, 0.2) is 28.7 Å². The summed E-state index contributed by atoms with van der Waals surface area (Å²) in [6.45, 7) is 2.23. The van der Waals surface area contributed by atoms with Crippen LogP contribution in [0.2, 0.25) is 0 Å². The van der Waals surface area contributed by atoms with Crippen LogP contribution in [0, 0.1) is 0 Å². The number of ether oxygens (including phenoxy) is 1. The number of carbonyl (C=O) groups excluding carboxylic acids is 1. The van der Waals surface area contributed by atoms with Crippen molar-refractivity contribution >= 4 is 21.9 Å². The van der Waals surface area contributed by atoms with Crippen LogP contribution in [-0.2, 0) is 14.9 Å². The van der Waals surface area contributed by atoms with Gasteiger partial charge < -0.3 is 10.5 Å². The average Bonchev–Trinajstić information content (AvgIpc) is 2.24. The molecule has 17 heavy (non-hydrogen) atoms. The van der Waals surface area contributed by atoms with Crippen molar-refractivity contribution in [2.45, 2.75) is 31.2 Å². The van der Waals surface area contributed by atoms with Gasteiger partial charge in [-0.25, -0.2) is 0 Å². The van der Waals surface area contributed by atoms with Gasteiger partial charge in [0.1, 0.15) is 0 Å². The van der Waals surface area contributed by atoms with Crippen LogP contribution in [0.5, 0.6) is 0 Å². The fourth-order valence-corrected chi connectivity index (χ4v) is 2.81. The summed E-state index contributed by atoms with van der Waals surface area (Å²) >= 11 is 3.43. The number of hydrogen-bond acceptors (Lipinski definition) is 3. The predicted octanol–water partition coefficient (Wildman–Crippen LogP) is 2.37. The molecule has 0 amide bonds. The highest BCUT2D eigenvalue weighted by Gasteiger charge is 2.51. The van der Waals surface area contributed by atoms with Gasteiger partial charge in [-0.3, -0.25) is 4.79 Å². The Hall–Kier alpha value is -0.870. The van der Waals surface area contributed by atoms with Gasteiger partial charge in [-0.2, -0.15) is 0 Å². The molecule has 4 heteroatoms. The Morgan fingerprint density at radius 2 is 2.29 bits per heavy atom. The summed E-state index contributed by atoms with van der Waals surface area (Å²) in [4.78, 5) is 12.1. The van der Waals surface area contributed by atoms with Crippen LogP contribution in [0.4, 0.5) is 0 Å². The fraction of sp³-hybridized carbons (Fsp3) is 0.462. The molecule has 1 saturated carbocycles. The molecule has 1 aliphatic rings. The van der Waals surface area contributed by atoms with Gasteiger partial charge in [0.25, 0.3) is 0 Å². The van der Waals surface area contributed by atoms with E-state index >= 15 is 0 Å². The van der Waals surface area contributed by atoms with Crippen molar-refractivity contribution in [2.75, 3.05) is 6.61 Å². The SMILES string of the molecule is CCOC(=O)C1(c2cccc(Br)c2)CC(N)C1. The van der Waals surface area contributed by atoms with E-state index in [1.165, 1.54) is 0 Å². The van der Waals surface area contributed by atoms with Gasteiger partial charge in [0.2, 0.25) is 0 Å². The Labute approximate surface area is 109 Å². The van der Waals surface area contributed by atoms with Gasteiger partial charge in [0.15, 0.2) is 0 Å². The second-order valence-electron chi connectivity index (χ2n) is 4.48. The largest absolute Gasteiger partial charge is 0.465 e. The quantitative estimate of drug-likeness (QED) is 0.872. The van der Waals surface area contributed by atoms with Crippen LogP contribution in [0.25, 0.3) is 0 Å². The first kappa shape index (κ1) is 12.6. The molecule has 1 aromatic rings. The maximum atomic E-state index is 12.1. The third-order valence-corrected chi connectivity index (χ3v) is 3.76. The van der Waals surface area contributed by atoms with Crippen LogP contribution in [0.1, 0.15) is 25.3 Å². The number of carbonyl (C=O) groups is 1. The lowest BCUT2D eigenvalue weighted by molar-refractivity contribution is -0.154. The van der Waals surface area contributed by atoms with E-state index in [1.54, 1.807) is 0 Å². The molecular formula is C13H16BrNO2. The maximum Gasteiger partial charge on any atom is 0.316 e. The number of halogens is 1. The van der Waals surface area contributed by atoms with E-state index < -0.39 is 5.41 Å². The summed E-state index contributed by atoms with van der Waals surface area (Å²) in [5.41, 5.74) is 6.31. The normalized spacial score (nSPS) is 27.4. The standard InChI is InChI=1S/C13H16BrNO2/c1-2-17-12(16)13(7-11(15)8-13)9-4-3-5-10(14)6-9/h3-6,11H,2,7-8,15H2,1H3. The zero-order valence-electron chi connectivity index (χ0n) is 9.78. The molecule has 0 spiro atoms. The lowest BCUT2D eigenvalue weighted by Gasteiger charge is -2.44. The first-order chi connectivity index (χ1) is 8.08. The molecule has 0 bridgehead atoms. The molecule has 1 fully saturated rings. The van der Waals surface area contributed by atoms with E-state index in [9.17, 15) is 4.79 Å². The van der Waals surface area contributed by atoms with Crippen molar-refractivity contribution in [3.8, 4) is 0 Å². The van der Waals surface area contributed by atoms with Gasteiger partial charge in [-0.1, -0.05) is 28.1 Å². The molecule has 0 aromatic heterocycles. The average molecular weight is 298 g/mol. The molecule has 0 heterocycles. The van der Waals surface area contributed by atoms with Crippen LogP contribution >= 0.6 is 15.9 Å². The lowest BCUT2D eigenvalue weighted by atomic mass is 9.62. The number of rotatable bonds is 3. The molecule has 1 aliphatic carbocycles. The first-order valence-corrected chi connectivity index (χ1v) is 6.56. The van der Waals surface area contributed by atoms with Crippen molar-refractivity contribution < 1.29 is 9.53 Å². The van der Waals surface area contributed by atoms with Crippen molar-refractivity contribution in [3.63, 3.8) is 0 Å². The number of esters is 1. The Balaban J connectivity index is 2.32. The first-order valence-electron chi connectivity index (χ1n) is 5.77. The third kappa shape index (κ3) is 2.24. The zero-order chi connectivity index (χ0) is 12.5. The zero-order valence-corrected chi connectivity index (χ0v) is 11.4. The summed E-state index contributed by atoms with van der Waals surface area (Å²) in [7, 11) is 0. The predicted molar refractivity (Wildman–Crippen MR) is 69.7 cm³/mol. The van der Waals surface area contributed by atoms with Gasteiger partial charge in [-0.05, 0) is 37.5 Å². The molecule has 0 unspecified atom stereocenters. The third-order valence-electron chi connectivity index (χ3n) is 3.26. The molecule has 0 saturated heterocycles. The summed E-state index contributed by atoms with van der Waals surface area (Å²) in [5.74, 6) is -0.153. The summed E-state index contributed by atoms with van der Waals surface area (Å²) in [5, 5.41) is 0. The van der Waals surface area contributed by atoms with Crippen molar-refractivity contribution in [2.24, 2.45) is 5.73 Å². The second kappa shape index (κ2) is 4.78. The van der Waals surface area contributed by atoms with Crippen molar-refractivity contribution in [1.29, 1.82) is 0 Å². The molecule has 3 nitrogen and oxygen atoms in total. The molecule has 0 radical (unpaired) electrons. The second-order valence-corrected chi connectivity index (χ2v) is 5.40. The fourth-order valence-electron chi connectivity index (χ4n) is 2.41. The van der Waals surface area contributed by atoms with E-state index in [0.717, 1.165) is 10.0 Å². The van der Waals surface area contributed by atoms with E-state index in [4.69, 9.17) is 10.5 Å². The van der Waals surface area contributed by atoms with Crippen LogP contribution in [-0.4, -0.2) is 18.6 Å². The van der Waals surface area contributed by atoms with Crippen LogP contribution in [0.3, 0.4) is 0 Å². The highest BCUT2D eigenvalue weighted by molar-refractivity contribution is 9.10. The molecule has 1 aromatic carbocycles. The van der Waals surface area contributed by atoms with Gasteiger partial charge >= 0.3 is 5.97 Å². The minimum Gasteiger partial charge on any atom is -0.465 e. The summed E-state index contributed by atoms with van der Waals surface area (Å²) < 4.78 is 6.15. The van der Waals surface area contributed by atoms with Crippen LogP contribution < -0.4 is 5.73 Å². The van der Waals surface area contributed by atoms with E-state index in [2.05, 4.69) is 15.9 Å². The van der Waals surface area contributed by atoms with Gasteiger partial charge in [-0.15, -0.1) is 0 Å². The molecular weight excluding hydrogens is 282 g/mol. The lowest BCUT2D eigenvalue weighted by Crippen LogP contribution is -2.54. The van der Waals surface area contributed by atoms with Crippen molar-refractivity contribution in [3.05, 3.63) is 34.3 Å². The Bertz CT molecular complexity index is 427. The Kier molecular flexibility index (Phi) is 3.54. The number of hydrogen-bond donors (Lipinski definition) is 1. The van der Waals surface area contributed by atoms with Gasteiger partial charge in [0, 0.05) is 10.5 Å².